The van der Waals surface area contributed by atoms with Gasteiger partial charge in [-0.1, -0.05) is 6.07 Å². The average Bonchev–Trinajstić information content (AvgIpc) is 3.01. The second-order valence-electron chi connectivity index (χ2n) is 5.14. The van der Waals surface area contributed by atoms with Crippen LogP contribution in [0.3, 0.4) is 0 Å². The van der Waals surface area contributed by atoms with E-state index < -0.39 is 0 Å². The van der Waals surface area contributed by atoms with Crippen molar-refractivity contribution >= 4 is 0 Å². The number of nitrogens with one attached hydrogen (secondary N) is 1. The molecule has 3 rings (SSSR count). The molecule has 1 saturated carbocycles. The van der Waals surface area contributed by atoms with Crippen LogP contribution in [0, 0.1) is 0 Å². The van der Waals surface area contributed by atoms with Crippen molar-refractivity contribution in [1.29, 1.82) is 0 Å². The summed E-state index contributed by atoms with van der Waals surface area (Å²) in [5.74, 6) is 1.44. The van der Waals surface area contributed by atoms with E-state index in [4.69, 9.17) is 4.74 Å². The number of hydrogen-bond acceptors (Lipinski definition) is 3. The smallest absolute Gasteiger partial charge is 0.213 e. The van der Waals surface area contributed by atoms with Crippen molar-refractivity contribution in [1.82, 2.24) is 10.3 Å². The Morgan fingerprint density at radius 3 is 2.71 bits per heavy atom. The number of rotatable bonds is 3. The average molecular weight is 232 g/mol. The van der Waals surface area contributed by atoms with E-state index in [9.17, 15) is 0 Å². The molecule has 0 radical (unpaired) electrons. The number of nitrogens with zero attached hydrogens (tertiary/aromatic N) is 1. The molecule has 1 aliphatic carbocycles. The molecular formula is C14H20N2O. The second kappa shape index (κ2) is 5.05. The summed E-state index contributed by atoms with van der Waals surface area (Å²) in [6.45, 7) is 2.22. The zero-order chi connectivity index (χ0) is 11.5. The molecule has 1 N–H and O–H groups in total. The van der Waals surface area contributed by atoms with E-state index in [2.05, 4.69) is 16.4 Å². The maximum absolute atomic E-state index is 5.87. The van der Waals surface area contributed by atoms with Crippen molar-refractivity contribution in [2.75, 3.05) is 13.1 Å². The summed E-state index contributed by atoms with van der Waals surface area (Å²) in [6.07, 6.45) is 8.60. The van der Waals surface area contributed by atoms with Crippen LogP contribution in [-0.2, 0) is 0 Å². The van der Waals surface area contributed by atoms with Crippen LogP contribution in [0.2, 0.25) is 0 Å². The highest BCUT2D eigenvalue weighted by molar-refractivity contribution is 5.22. The lowest BCUT2D eigenvalue weighted by molar-refractivity contribution is 0.201. The molecule has 1 aromatic rings. The largest absolute Gasteiger partial charge is 0.474 e. The molecule has 2 aliphatic rings. The van der Waals surface area contributed by atoms with Crippen LogP contribution in [0.5, 0.6) is 5.88 Å². The fourth-order valence-corrected chi connectivity index (χ4v) is 2.82. The maximum Gasteiger partial charge on any atom is 0.213 e. The standard InChI is InChI=1S/C14H20N2O/c1-2-4-13(3-1)17-14-6-5-11(10-16-14)12-7-8-15-9-12/h5-6,10,12-13,15H,1-4,7-9H2. The van der Waals surface area contributed by atoms with Crippen LogP contribution in [0.15, 0.2) is 18.3 Å². The topological polar surface area (TPSA) is 34.1 Å². The molecule has 0 amide bonds. The van der Waals surface area contributed by atoms with E-state index >= 15 is 0 Å². The van der Waals surface area contributed by atoms with Crippen LogP contribution in [0.25, 0.3) is 0 Å². The van der Waals surface area contributed by atoms with Gasteiger partial charge in [0.05, 0.1) is 0 Å². The molecule has 3 heteroatoms. The van der Waals surface area contributed by atoms with E-state index in [-0.39, 0.29) is 0 Å². The minimum atomic E-state index is 0.404. The lowest BCUT2D eigenvalue weighted by atomic mass is 10.0. The Morgan fingerprint density at radius 1 is 1.18 bits per heavy atom. The predicted molar refractivity (Wildman–Crippen MR) is 67.3 cm³/mol. The Morgan fingerprint density at radius 2 is 2.06 bits per heavy atom. The molecule has 17 heavy (non-hydrogen) atoms. The Hall–Kier alpha value is -1.09. The first-order valence-electron chi connectivity index (χ1n) is 6.75. The van der Waals surface area contributed by atoms with Crippen LogP contribution >= 0.6 is 0 Å². The van der Waals surface area contributed by atoms with Crippen molar-refractivity contribution in [3.05, 3.63) is 23.9 Å². The summed E-state index contributed by atoms with van der Waals surface area (Å²) in [5, 5.41) is 3.39. The lowest BCUT2D eigenvalue weighted by Crippen LogP contribution is -2.12. The molecule has 1 aliphatic heterocycles. The van der Waals surface area contributed by atoms with Crippen molar-refractivity contribution in [2.24, 2.45) is 0 Å². The van der Waals surface area contributed by atoms with E-state index in [0.29, 0.717) is 12.0 Å². The van der Waals surface area contributed by atoms with Gasteiger partial charge in [0, 0.05) is 18.8 Å². The molecule has 1 aromatic heterocycles. The summed E-state index contributed by atoms with van der Waals surface area (Å²) in [6, 6.07) is 4.21. The summed E-state index contributed by atoms with van der Waals surface area (Å²) in [4.78, 5) is 4.44. The Labute approximate surface area is 103 Å². The summed E-state index contributed by atoms with van der Waals surface area (Å²) < 4.78 is 5.87. The summed E-state index contributed by atoms with van der Waals surface area (Å²) in [5.41, 5.74) is 1.34. The second-order valence-corrected chi connectivity index (χ2v) is 5.14. The zero-order valence-corrected chi connectivity index (χ0v) is 10.2. The van der Waals surface area contributed by atoms with Crippen molar-refractivity contribution in [2.45, 2.75) is 44.1 Å². The highest BCUT2D eigenvalue weighted by Gasteiger charge is 2.19. The fraction of sp³-hybridized carbons (Fsp3) is 0.643. The van der Waals surface area contributed by atoms with E-state index in [1.165, 1.54) is 37.7 Å². The highest BCUT2D eigenvalue weighted by Crippen LogP contribution is 2.25. The first-order chi connectivity index (χ1) is 8.42. The van der Waals surface area contributed by atoms with Gasteiger partial charge in [0.15, 0.2) is 0 Å². The molecule has 2 heterocycles. The van der Waals surface area contributed by atoms with Gasteiger partial charge >= 0.3 is 0 Å². The van der Waals surface area contributed by atoms with Gasteiger partial charge < -0.3 is 10.1 Å². The first-order valence-corrected chi connectivity index (χ1v) is 6.75. The van der Waals surface area contributed by atoms with Crippen molar-refractivity contribution in [3.63, 3.8) is 0 Å². The van der Waals surface area contributed by atoms with E-state index in [0.717, 1.165) is 19.0 Å². The van der Waals surface area contributed by atoms with Crippen LogP contribution < -0.4 is 10.1 Å². The monoisotopic (exact) mass is 232 g/mol. The Bertz CT molecular complexity index is 351. The highest BCUT2D eigenvalue weighted by atomic mass is 16.5. The van der Waals surface area contributed by atoms with Crippen LogP contribution in [0.1, 0.15) is 43.6 Å². The minimum Gasteiger partial charge on any atom is -0.474 e. The molecule has 1 unspecified atom stereocenters. The summed E-state index contributed by atoms with van der Waals surface area (Å²) in [7, 11) is 0. The van der Waals surface area contributed by atoms with Gasteiger partial charge in [-0.25, -0.2) is 4.98 Å². The van der Waals surface area contributed by atoms with Crippen molar-refractivity contribution < 1.29 is 4.74 Å². The van der Waals surface area contributed by atoms with E-state index in [1.54, 1.807) is 0 Å². The molecule has 0 bridgehead atoms. The third-order valence-corrected chi connectivity index (χ3v) is 3.88. The lowest BCUT2D eigenvalue weighted by Gasteiger charge is -2.13. The third-order valence-electron chi connectivity index (χ3n) is 3.88. The van der Waals surface area contributed by atoms with Crippen LogP contribution in [-0.4, -0.2) is 24.2 Å². The summed E-state index contributed by atoms with van der Waals surface area (Å²) >= 11 is 0. The third kappa shape index (κ3) is 2.60. The molecule has 0 spiro atoms. The van der Waals surface area contributed by atoms with Gasteiger partial charge in [-0.15, -0.1) is 0 Å². The fourth-order valence-electron chi connectivity index (χ4n) is 2.82. The normalized spacial score (nSPS) is 25.3. The van der Waals surface area contributed by atoms with E-state index in [1.807, 2.05) is 12.3 Å². The zero-order valence-electron chi connectivity index (χ0n) is 10.2. The predicted octanol–water partition coefficient (Wildman–Crippen LogP) is 2.48. The van der Waals surface area contributed by atoms with Gasteiger partial charge in [0.25, 0.3) is 0 Å². The number of aromatic nitrogens is 1. The molecular weight excluding hydrogens is 212 g/mol. The molecule has 3 nitrogen and oxygen atoms in total. The Balaban J connectivity index is 1.62. The minimum absolute atomic E-state index is 0.404. The molecule has 1 atom stereocenters. The Kier molecular flexibility index (Phi) is 3.27. The molecule has 2 fully saturated rings. The van der Waals surface area contributed by atoms with Gasteiger partial charge in [0.2, 0.25) is 5.88 Å². The van der Waals surface area contributed by atoms with Gasteiger partial charge in [-0.3, -0.25) is 0 Å². The maximum atomic E-state index is 5.87. The SMILES string of the molecule is c1cc(OC2CCCC2)ncc1C1CCNC1. The number of hydrogen-bond donors (Lipinski definition) is 1. The van der Waals surface area contributed by atoms with Crippen molar-refractivity contribution in [3.8, 4) is 5.88 Å². The van der Waals surface area contributed by atoms with Gasteiger partial charge in [-0.2, -0.15) is 0 Å². The molecule has 0 aromatic carbocycles. The molecule has 92 valence electrons. The quantitative estimate of drug-likeness (QED) is 0.869. The van der Waals surface area contributed by atoms with Gasteiger partial charge in [-0.05, 0) is 50.1 Å². The molecule has 1 saturated heterocycles. The first kappa shape index (κ1) is 11.0. The number of pyridine rings is 1. The number of ether oxygens (including phenoxy) is 1. The van der Waals surface area contributed by atoms with Gasteiger partial charge in [0.1, 0.15) is 6.10 Å². The van der Waals surface area contributed by atoms with Crippen LogP contribution in [0.4, 0.5) is 0 Å².